The van der Waals surface area contributed by atoms with E-state index in [4.69, 9.17) is 0 Å². The maximum absolute atomic E-state index is 14.1. The van der Waals surface area contributed by atoms with E-state index < -0.39 is 28.5 Å². The molecule has 1 saturated carbocycles. The minimum atomic E-state index is -4.09. The molecule has 0 saturated heterocycles. The first kappa shape index (κ1) is 30.8. The first-order chi connectivity index (χ1) is 19.6. The summed E-state index contributed by atoms with van der Waals surface area (Å²) in [6.07, 6.45) is 5.16. The number of carbonyl (C=O) groups excluding carboxylic acids is 2. The molecule has 1 aliphatic carbocycles. The zero-order chi connectivity index (χ0) is 29.6. The van der Waals surface area contributed by atoms with Crippen molar-refractivity contribution < 1.29 is 18.0 Å². The molecule has 0 radical (unpaired) electrons. The molecule has 9 heteroatoms. The average Bonchev–Trinajstić information content (AvgIpc) is 2.97. The van der Waals surface area contributed by atoms with Gasteiger partial charge in [-0.15, -0.1) is 0 Å². The molecule has 2 amide bonds. The second-order valence-corrected chi connectivity index (χ2v) is 13.6. The Kier molecular flexibility index (Phi) is 10.3. The molecule has 1 aliphatic rings. The lowest BCUT2D eigenvalue weighted by molar-refractivity contribution is -0.139. The number of carbonyl (C=O) groups is 2. The Morgan fingerprint density at radius 2 is 1.61 bits per heavy atom. The number of sulfonamides is 1. The van der Waals surface area contributed by atoms with Crippen LogP contribution >= 0.6 is 15.9 Å². The molecule has 3 aromatic carbocycles. The van der Waals surface area contributed by atoms with Crippen molar-refractivity contribution in [2.24, 2.45) is 0 Å². The highest BCUT2D eigenvalue weighted by Gasteiger charge is 2.33. The van der Waals surface area contributed by atoms with Crippen molar-refractivity contribution in [3.8, 4) is 0 Å². The summed E-state index contributed by atoms with van der Waals surface area (Å²) < 4.78 is 30.0. The first-order valence-corrected chi connectivity index (χ1v) is 16.3. The van der Waals surface area contributed by atoms with E-state index in [2.05, 4.69) is 21.2 Å². The van der Waals surface area contributed by atoms with Crippen molar-refractivity contribution in [2.75, 3.05) is 10.8 Å². The average molecular weight is 641 g/mol. The van der Waals surface area contributed by atoms with Gasteiger partial charge in [0.25, 0.3) is 10.0 Å². The molecule has 218 valence electrons. The van der Waals surface area contributed by atoms with Gasteiger partial charge in [0.1, 0.15) is 12.6 Å². The Morgan fingerprint density at radius 1 is 0.951 bits per heavy atom. The zero-order valence-electron chi connectivity index (χ0n) is 23.8. The number of rotatable bonds is 10. The summed E-state index contributed by atoms with van der Waals surface area (Å²) in [7, 11) is -4.09. The third kappa shape index (κ3) is 7.77. The van der Waals surface area contributed by atoms with Crippen LogP contribution in [-0.2, 0) is 26.2 Å². The quantitative estimate of drug-likeness (QED) is 0.289. The molecular weight excluding hydrogens is 602 g/mol. The Hall–Kier alpha value is -3.17. The largest absolute Gasteiger partial charge is 0.352 e. The second kappa shape index (κ2) is 13.7. The number of benzene rings is 3. The van der Waals surface area contributed by atoms with Crippen LogP contribution in [-0.4, -0.2) is 43.8 Å². The molecule has 1 atom stereocenters. The van der Waals surface area contributed by atoms with Crippen LogP contribution in [0.2, 0.25) is 0 Å². The van der Waals surface area contributed by atoms with Crippen molar-refractivity contribution >= 4 is 43.5 Å². The van der Waals surface area contributed by atoms with Gasteiger partial charge >= 0.3 is 0 Å². The molecule has 4 rings (SSSR count). The zero-order valence-corrected chi connectivity index (χ0v) is 26.2. The van der Waals surface area contributed by atoms with Crippen LogP contribution < -0.4 is 9.62 Å². The fraction of sp³-hybridized carbons (Fsp3) is 0.375. The molecule has 3 aromatic rings. The maximum Gasteiger partial charge on any atom is 0.264 e. The van der Waals surface area contributed by atoms with E-state index in [0.29, 0.717) is 5.69 Å². The van der Waals surface area contributed by atoms with E-state index in [1.165, 1.54) is 27.8 Å². The van der Waals surface area contributed by atoms with Crippen LogP contribution in [0.3, 0.4) is 0 Å². The van der Waals surface area contributed by atoms with Gasteiger partial charge in [-0.1, -0.05) is 77.7 Å². The molecule has 0 heterocycles. The van der Waals surface area contributed by atoms with Crippen molar-refractivity contribution in [1.29, 1.82) is 0 Å². The molecule has 1 N–H and O–H groups in total. The Morgan fingerprint density at radius 3 is 2.27 bits per heavy atom. The Bertz CT molecular complexity index is 1460. The number of aryl methyl sites for hydroxylation is 2. The number of nitrogens with zero attached hydrogens (tertiary/aromatic N) is 2. The van der Waals surface area contributed by atoms with Crippen LogP contribution in [0.25, 0.3) is 0 Å². The summed E-state index contributed by atoms with van der Waals surface area (Å²) in [5, 5.41) is 3.13. The normalized spacial score (nSPS) is 14.7. The van der Waals surface area contributed by atoms with Crippen LogP contribution in [0, 0.1) is 13.8 Å². The van der Waals surface area contributed by atoms with Crippen molar-refractivity contribution in [2.45, 2.75) is 76.4 Å². The third-order valence-corrected chi connectivity index (χ3v) is 9.93. The predicted octanol–water partition coefficient (Wildman–Crippen LogP) is 6.13. The van der Waals surface area contributed by atoms with E-state index in [9.17, 15) is 18.0 Å². The molecule has 0 bridgehead atoms. The minimum absolute atomic E-state index is 0.0910. The van der Waals surface area contributed by atoms with Gasteiger partial charge in [0.15, 0.2) is 0 Å². The summed E-state index contributed by atoms with van der Waals surface area (Å²) >= 11 is 3.45. The smallest absolute Gasteiger partial charge is 0.264 e. The van der Waals surface area contributed by atoms with Gasteiger partial charge in [0, 0.05) is 17.1 Å². The standard InChI is InChI=1S/C32H38BrN3O4S/c1-23-14-15-24(2)30(20-23)36(41(39,40)29-12-8-5-9-13-29)22-31(37)35(21-26-16-18-27(33)19-17-26)25(3)32(38)34-28-10-6-4-7-11-28/h5,8-9,12-20,25,28H,4,6-7,10-11,21-22H2,1-3H3,(H,34,38)/t25-/m1/s1. The Balaban J connectivity index is 1.69. The second-order valence-electron chi connectivity index (χ2n) is 10.8. The molecule has 1 fully saturated rings. The highest BCUT2D eigenvalue weighted by Crippen LogP contribution is 2.28. The number of anilines is 1. The molecule has 7 nitrogen and oxygen atoms in total. The topological polar surface area (TPSA) is 86.8 Å². The van der Waals surface area contributed by atoms with Crippen LogP contribution in [0.5, 0.6) is 0 Å². The van der Waals surface area contributed by atoms with E-state index in [-0.39, 0.29) is 23.4 Å². The van der Waals surface area contributed by atoms with Gasteiger partial charge in [0.05, 0.1) is 10.6 Å². The lowest BCUT2D eigenvalue weighted by atomic mass is 9.95. The van der Waals surface area contributed by atoms with Crippen LogP contribution in [0.1, 0.15) is 55.7 Å². The van der Waals surface area contributed by atoms with Gasteiger partial charge < -0.3 is 10.2 Å². The van der Waals surface area contributed by atoms with E-state index in [0.717, 1.165) is 46.8 Å². The van der Waals surface area contributed by atoms with Crippen LogP contribution in [0.15, 0.2) is 82.2 Å². The Labute approximate surface area is 252 Å². The third-order valence-electron chi connectivity index (χ3n) is 7.63. The summed E-state index contributed by atoms with van der Waals surface area (Å²) in [5.41, 5.74) is 2.87. The lowest BCUT2D eigenvalue weighted by Crippen LogP contribution is -2.53. The molecule has 41 heavy (non-hydrogen) atoms. The summed E-state index contributed by atoms with van der Waals surface area (Å²) in [6.45, 7) is 5.14. The molecule has 0 unspecified atom stereocenters. The number of nitrogens with one attached hydrogen (secondary N) is 1. The fourth-order valence-electron chi connectivity index (χ4n) is 5.16. The summed E-state index contributed by atoms with van der Waals surface area (Å²) in [4.78, 5) is 29.2. The number of hydrogen-bond acceptors (Lipinski definition) is 4. The van der Waals surface area contributed by atoms with Gasteiger partial charge in [-0.3, -0.25) is 13.9 Å². The molecular formula is C32H38BrN3O4S. The summed E-state index contributed by atoms with van der Waals surface area (Å²) in [5.74, 6) is -0.689. The van der Waals surface area contributed by atoms with Gasteiger partial charge in [-0.2, -0.15) is 0 Å². The van der Waals surface area contributed by atoms with Crippen LogP contribution in [0.4, 0.5) is 5.69 Å². The monoisotopic (exact) mass is 639 g/mol. The van der Waals surface area contributed by atoms with Gasteiger partial charge in [-0.05, 0) is 80.6 Å². The van der Waals surface area contributed by atoms with E-state index >= 15 is 0 Å². The van der Waals surface area contributed by atoms with Crippen molar-refractivity contribution in [1.82, 2.24) is 10.2 Å². The predicted molar refractivity (Wildman–Crippen MR) is 166 cm³/mol. The van der Waals surface area contributed by atoms with Crippen molar-refractivity contribution in [3.05, 3.63) is 94.0 Å². The first-order valence-electron chi connectivity index (χ1n) is 14.1. The lowest BCUT2D eigenvalue weighted by Gasteiger charge is -2.33. The summed E-state index contributed by atoms with van der Waals surface area (Å²) in [6, 6.07) is 20.5. The highest BCUT2D eigenvalue weighted by molar-refractivity contribution is 9.10. The minimum Gasteiger partial charge on any atom is -0.352 e. The SMILES string of the molecule is Cc1ccc(C)c(N(CC(=O)N(Cc2ccc(Br)cc2)[C@H](C)C(=O)NC2CCCCC2)S(=O)(=O)c2ccccc2)c1. The van der Waals surface area contributed by atoms with E-state index in [1.807, 2.05) is 50.2 Å². The van der Waals surface area contributed by atoms with Gasteiger partial charge in [-0.25, -0.2) is 8.42 Å². The van der Waals surface area contributed by atoms with Crippen molar-refractivity contribution in [3.63, 3.8) is 0 Å². The highest BCUT2D eigenvalue weighted by atomic mass is 79.9. The molecule has 0 aliphatic heterocycles. The fourth-order valence-corrected chi connectivity index (χ4v) is 6.91. The molecule has 0 spiro atoms. The van der Waals surface area contributed by atoms with E-state index in [1.54, 1.807) is 31.2 Å². The number of hydrogen-bond donors (Lipinski definition) is 1. The number of halogens is 1. The maximum atomic E-state index is 14.1. The molecule has 0 aromatic heterocycles. The van der Waals surface area contributed by atoms with Gasteiger partial charge in [0.2, 0.25) is 11.8 Å². The number of amides is 2.